The molecular weight excluding hydrogens is 595 g/mol. The first-order valence-corrected chi connectivity index (χ1v) is 16.6. The van der Waals surface area contributed by atoms with Crippen LogP contribution in [-0.4, -0.2) is 14.5 Å². The molecule has 11 aromatic rings. The molecule has 4 aromatic heterocycles. The lowest BCUT2D eigenvalue weighted by molar-refractivity contribution is 0.653. The van der Waals surface area contributed by atoms with Gasteiger partial charge in [0.1, 0.15) is 16.8 Å². The predicted octanol–water partition coefficient (Wildman–Crippen LogP) is 11.8. The molecule has 0 saturated heterocycles. The molecule has 0 atom stereocenters. The first-order chi connectivity index (χ1) is 23.3. The summed E-state index contributed by atoms with van der Waals surface area (Å²) in [5.74, 6) is 0.792. The van der Waals surface area contributed by atoms with Gasteiger partial charge < -0.3 is 4.42 Å². The molecule has 4 nitrogen and oxygen atoms in total. The van der Waals surface area contributed by atoms with Gasteiger partial charge in [0.15, 0.2) is 5.82 Å². The predicted molar refractivity (Wildman–Crippen MR) is 197 cm³/mol. The fourth-order valence-electron chi connectivity index (χ4n) is 7.58. The molecule has 218 valence electrons. The molecule has 0 amide bonds. The molecule has 4 heterocycles. The second kappa shape index (κ2) is 9.25. The third kappa shape index (κ3) is 3.36. The standard InChI is InChI=1S/C42H23N3OS/c1-2-13-25(14-3-1)36-41(43-37-30-19-9-11-21-33(30)46-42(37)44-36)45-32-20-10-8-18-29(32)34-27-16-6-7-17-28(27)35-31-23-22-24-12-4-5-15-26(24)39(31)47-40(35)38(34)45/h1-23H. The van der Waals surface area contributed by atoms with Crippen LogP contribution in [-0.2, 0) is 0 Å². The van der Waals surface area contributed by atoms with Gasteiger partial charge in [-0.1, -0.05) is 121 Å². The van der Waals surface area contributed by atoms with Crippen LogP contribution in [0.4, 0.5) is 0 Å². The molecule has 0 N–H and O–H groups in total. The maximum Gasteiger partial charge on any atom is 0.247 e. The number of benzene rings is 7. The summed E-state index contributed by atoms with van der Waals surface area (Å²) in [5, 5.41) is 11.0. The molecule has 47 heavy (non-hydrogen) atoms. The number of hydrogen-bond acceptors (Lipinski definition) is 4. The molecule has 0 spiro atoms. The average molecular weight is 618 g/mol. The summed E-state index contributed by atoms with van der Waals surface area (Å²) in [6.07, 6.45) is 0. The number of thiophene rings is 1. The first kappa shape index (κ1) is 25.2. The summed E-state index contributed by atoms with van der Waals surface area (Å²) in [6, 6.07) is 49.3. The summed E-state index contributed by atoms with van der Waals surface area (Å²) in [4.78, 5) is 10.7. The highest BCUT2D eigenvalue weighted by Gasteiger charge is 2.26. The van der Waals surface area contributed by atoms with E-state index in [9.17, 15) is 0 Å². The summed E-state index contributed by atoms with van der Waals surface area (Å²) < 4.78 is 11.2. The highest BCUT2D eigenvalue weighted by molar-refractivity contribution is 7.27. The van der Waals surface area contributed by atoms with E-state index in [0.717, 1.165) is 44.6 Å². The minimum Gasteiger partial charge on any atom is -0.436 e. The van der Waals surface area contributed by atoms with Crippen molar-refractivity contribution in [3.63, 3.8) is 0 Å². The van der Waals surface area contributed by atoms with E-state index in [2.05, 4.69) is 120 Å². The Hall–Kier alpha value is -6.04. The molecule has 0 fully saturated rings. The van der Waals surface area contributed by atoms with Crippen LogP contribution in [0.25, 0.3) is 103 Å². The van der Waals surface area contributed by atoms with Crippen molar-refractivity contribution in [2.45, 2.75) is 0 Å². The van der Waals surface area contributed by atoms with E-state index in [0.29, 0.717) is 5.71 Å². The van der Waals surface area contributed by atoms with Crippen molar-refractivity contribution in [2.24, 2.45) is 0 Å². The topological polar surface area (TPSA) is 43.9 Å². The highest BCUT2D eigenvalue weighted by atomic mass is 32.1. The van der Waals surface area contributed by atoms with Gasteiger partial charge in [0.2, 0.25) is 5.71 Å². The molecule has 0 unspecified atom stereocenters. The molecule has 5 heteroatoms. The molecule has 0 saturated carbocycles. The van der Waals surface area contributed by atoms with Gasteiger partial charge in [0, 0.05) is 37.2 Å². The van der Waals surface area contributed by atoms with Gasteiger partial charge in [0.25, 0.3) is 0 Å². The average Bonchev–Trinajstić information content (AvgIpc) is 3.81. The summed E-state index contributed by atoms with van der Waals surface area (Å²) in [5.41, 5.74) is 6.12. The fourth-order valence-corrected chi connectivity index (χ4v) is 8.98. The van der Waals surface area contributed by atoms with Crippen molar-refractivity contribution < 1.29 is 4.42 Å². The molecule has 0 aliphatic heterocycles. The number of rotatable bonds is 2. The lowest BCUT2D eigenvalue weighted by Gasteiger charge is -2.13. The van der Waals surface area contributed by atoms with Crippen molar-refractivity contribution in [3.05, 3.63) is 140 Å². The number of hydrogen-bond donors (Lipinski definition) is 0. The second-order valence-electron chi connectivity index (χ2n) is 12.1. The van der Waals surface area contributed by atoms with Crippen LogP contribution in [0.15, 0.2) is 144 Å². The summed E-state index contributed by atoms with van der Waals surface area (Å²) in [6.45, 7) is 0. The van der Waals surface area contributed by atoms with Gasteiger partial charge >= 0.3 is 0 Å². The van der Waals surface area contributed by atoms with Crippen LogP contribution in [0.1, 0.15) is 0 Å². The zero-order chi connectivity index (χ0) is 30.6. The number of nitrogens with zero attached hydrogens (tertiary/aromatic N) is 3. The quantitative estimate of drug-likeness (QED) is 0.194. The van der Waals surface area contributed by atoms with Crippen molar-refractivity contribution in [1.82, 2.24) is 14.5 Å². The third-order valence-electron chi connectivity index (χ3n) is 9.59. The Balaban J connectivity index is 1.42. The van der Waals surface area contributed by atoms with E-state index < -0.39 is 0 Å². The number of furan rings is 1. The van der Waals surface area contributed by atoms with Gasteiger partial charge in [-0.15, -0.1) is 11.3 Å². The minimum absolute atomic E-state index is 0.540. The van der Waals surface area contributed by atoms with Gasteiger partial charge in [-0.3, -0.25) is 4.57 Å². The van der Waals surface area contributed by atoms with Gasteiger partial charge in [-0.25, -0.2) is 9.97 Å². The van der Waals surface area contributed by atoms with Crippen LogP contribution < -0.4 is 0 Å². The maximum absolute atomic E-state index is 6.29. The zero-order valence-corrected chi connectivity index (χ0v) is 25.8. The van der Waals surface area contributed by atoms with Gasteiger partial charge in [-0.05, 0) is 39.7 Å². The summed E-state index contributed by atoms with van der Waals surface area (Å²) in [7, 11) is 0. The highest BCUT2D eigenvalue weighted by Crippen LogP contribution is 2.49. The van der Waals surface area contributed by atoms with Crippen molar-refractivity contribution in [2.75, 3.05) is 0 Å². The van der Waals surface area contributed by atoms with E-state index in [1.165, 1.54) is 52.5 Å². The van der Waals surface area contributed by atoms with E-state index in [4.69, 9.17) is 14.4 Å². The van der Waals surface area contributed by atoms with E-state index in [-0.39, 0.29) is 0 Å². The molecule has 11 rings (SSSR count). The molecular formula is C42H23N3OS. The zero-order valence-electron chi connectivity index (χ0n) is 24.9. The Morgan fingerprint density at radius 2 is 1.19 bits per heavy atom. The Bertz CT molecular complexity index is 3080. The van der Waals surface area contributed by atoms with Crippen LogP contribution in [0.3, 0.4) is 0 Å². The van der Waals surface area contributed by atoms with Crippen LogP contribution in [0.5, 0.6) is 0 Å². The normalized spacial score (nSPS) is 12.3. The monoisotopic (exact) mass is 617 g/mol. The summed E-state index contributed by atoms with van der Waals surface area (Å²) >= 11 is 1.88. The van der Waals surface area contributed by atoms with Crippen LogP contribution in [0.2, 0.25) is 0 Å². The van der Waals surface area contributed by atoms with Gasteiger partial charge in [-0.2, -0.15) is 0 Å². The second-order valence-corrected chi connectivity index (χ2v) is 13.1. The lowest BCUT2D eigenvalue weighted by atomic mass is 9.98. The first-order valence-electron chi connectivity index (χ1n) is 15.8. The third-order valence-corrected chi connectivity index (χ3v) is 10.8. The Labute approximate surface area is 271 Å². The van der Waals surface area contributed by atoms with Crippen LogP contribution in [0, 0.1) is 0 Å². The van der Waals surface area contributed by atoms with Crippen molar-refractivity contribution in [3.8, 4) is 17.1 Å². The smallest absolute Gasteiger partial charge is 0.247 e. The van der Waals surface area contributed by atoms with Crippen molar-refractivity contribution >= 4 is 97.1 Å². The van der Waals surface area contributed by atoms with E-state index >= 15 is 0 Å². The molecule has 0 aliphatic rings. The molecule has 0 aliphatic carbocycles. The fraction of sp³-hybridized carbons (Fsp3) is 0. The Kier molecular flexibility index (Phi) is 4.96. The van der Waals surface area contributed by atoms with Crippen molar-refractivity contribution in [1.29, 1.82) is 0 Å². The van der Waals surface area contributed by atoms with E-state index in [1.54, 1.807) is 0 Å². The lowest BCUT2D eigenvalue weighted by Crippen LogP contribution is -2.03. The molecule has 0 radical (unpaired) electrons. The van der Waals surface area contributed by atoms with E-state index in [1.807, 2.05) is 35.6 Å². The van der Waals surface area contributed by atoms with Crippen LogP contribution >= 0.6 is 11.3 Å². The maximum atomic E-state index is 6.29. The molecule has 7 aromatic carbocycles. The largest absolute Gasteiger partial charge is 0.436 e. The minimum atomic E-state index is 0.540. The number of fused-ring (bicyclic) bond motifs is 15. The number of aromatic nitrogens is 3. The Morgan fingerprint density at radius 3 is 2.04 bits per heavy atom. The van der Waals surface area contributed by atoms with Gasteiger partial charge in [0.05, 0.1) is 15.7 Å². The SMILES string of the molecule is c1ccc(-c2nc3oc4ccccc4c3nc2-n2c3ccccc3c3c4ccccc4c4c5ccc6ccccc6c5sc4c32)cc1. The molecule has 0 bridgehead atoms. The Morgan fingerprint density at radius 1 is 0.511 bits per heavy atom. The number of para-hydroxylation sites is 2.